The Labute approximate surface area is 200 Å². The summed E-state index contributed by atoms with van der Waals surface area (Å²) in [7, 11) is -12.8. The number of hydrogen-bond donors (Lipinski definition) is 0. The lowest BCUT2D eigenvalue weighted by atomic mass is 9.49. The quantitative estimate of drug-likeness (QED) is 0.460. The lowest BCUT2D eigenvalue weighted by Gasteiger charge is -2.58. The fourth-order valence-electron chi connectivity index (χ4n) is 6.55. The van der Waals surface area contributed by atoms with Gasteiger partial charge in [0.15, 0.2) is 5.08 Å². The molecule has 0 atom stereocenters. The second-order valence-corrected chi connectivity index (χ2v) is 14.8. The van der Waals surface area contributed by atoms with Crippen molar-refractivity contribution < 1.29 is 43.6 Å². The molecule has 4 aliphatic rings. The maximum absolute atomic E-state index is 15.0. The van der Waals surface area contributed by atoms with Crippen LogP contribution in [0.15, 0.2) is 30.3 Å². The molecule has 0 spiro atoms. The van der Waals surface area contributed by atoms with Gasteiger partial charge >= 0.3 is 16.7 Å². The minimum atomic E-state index is -6.44. The molecule has 0 heterocycles. The van der Waals surface area contributed by atoms with E-state index in [2.05, 4.69) is 0 Å². The Kier molecular flexibility index (Phi) is 6.52. The zero-order chi connectivity index (χ0) is 25.9. The summed E-state index contributed by atoms with van der Waals surface area (Å²) in [4.78, 5) is 13.7. The smallest absolute Gasteiger partial charge is 0.332 e. The standard InChI is InChI=1S/C22H26F5NO5S2/c23-21(24,34(30,31)14-35(32,33)22(25,26)27)19(29)28(12-15-4-2-1-3-5-15)13-20-9-16-6-17(10-20)8-18(7-16)11-20/h1-5,16-18H,6-14H2. The van der Waals surface area contributed by atoms with Crippen molar-refractivity contribution in [1.82, 2.24) is 4.90 Å². The fraction of sp³-hybridized carbons (Fsp3) is 0.682. The van der Waals surface area contributed by atoms with Crippen LogP contribution in [-0.4, -0.2) is 50.0 Å². The molecule has 0 N–H and O–H groups in total. The van der Waals surface area contributed by atoms with Crippen molar-refractivity contribution in [1.29, 1.82) is 0 Å². The summed E-state index contributed by atoms with van der Waals surface area (Å²) in [5.41, 5.74) is -6.10. The third-order valence-corrected chi connectivity index (χ3v) is 11.6. The van der Waals surface area contributed by atoms with E-state index >= 15 is 8.78 Å². The number of rotatable bonds is 8. The van der Waals surface area contributed by atoms with Gasteiger partial charge in [0.05, 0.1) is 0 Å². The van der Waals surface area contributed by atoms with E-state index in [1.165, 1.54) is 0 Å². The Morgan fingerprint density at radius 2 is 1.34 bits per heavy atom. The first kappa shape index (κ1) is 26.3. The van der Waals surface area contributed by atoms with Gasteiger partial charge in [-0.25, -0.2) is 16.8 Å². The van der Waals surface area contributed by atoms with Gasteiger partial charge in [0, 0.05) is 13.1 Å². The van der Waals surface area contributed by atoms with E-state index in [0.717, 1.165) is 19.3 Å². The van der Waals surface area contributed by atoms with Crippen LogP contribution in [0.2, 0.25) is 0 Å². The molecule has 5 rings (SSSR count). The molecule has 4 bridgehead atoms. The van der Waals surface area contributed by atoms with Gasteiger partial charge in [0.1, 0.15) is 0 Å². The van der Waals surface area contributed by atoms with Crippen LogP contribution in [0.1, 0.15) is 44.1 Å². The van der Waals surface area contributed by atoms with Crippen LogP contribution in [0.5, 0.6) is 0 Å². The summed E-state index contributed by atoms with van der Waals surface area (Å²) >= 11 is 0. The van der Waals surface area contributed by atoms with E-state index in [4.69, 9.17) is 0 Å². The summed E-state index contributed by atoms with van der Waals surface area (Å²) in [5, 5.41) is -8.25. The van der Waals surface area contributed by atoms with Crippen molar-refractivity contribution in [3.63, 3.8) is 0 Å². The number of benzene rings is 1. The third kappa shape index (κ3) is 5.07. The van der Waals surface area contributed by atoms with E-state index in [0.29, 0.717) is 47.5 Å². The molecule has 4 fully saturated rings. The lowest BCUT2D eigenvalue weighted by molar-refractivity contribution is -0.153. The molecule has 4 aliphatic carbocycles. The van der Waals surface area contributed by atoms with Gasteiger partial charge in [0.2, 0.25) is 9.84 Å². The second kappa shape index (κ2) is 8.67. The van der Waals surface area contributed by atoms with Gasteiger partial charge in [-0.3, -0.25) is 4.79 Å². The number of carbonyl (C=O) groups excluding carboxylic acids is 1. The van der Waals surface area contributed by atoms with Crippen LogP contribution in [0.4, 0.5) is 22.0 Å². The normalized spacial score (nSPS) is 28.8. The van der Waals surface area contributed by atoms with Crippen LogP contribution in [0, 0.1) is 23.2 Å². The van der Waals surface area contributed by atoms with Crippen molar-refractivity contribution in [2.45, 2.75) is 55.8 Å². The minimum Gasteiger partial charge on any atom is -0.332 e. The van der Waals surface area contributed by atoms with Gasteiger partial charge in [-0.1, -0.05) is 30.3 Å². The number of alkyl halides is 5. The lowest BCUT2D eigenvalue weighted by Crippen LogP contribution is -2.56. The zero-order valence-corrected chi connectivity index (χ0v) is 20.3. The molecule has 35 heavy (non-hydrogen) atoms. The minimum absolute atomic E-state index is 0.165. The average Bonchev–Trinajstić information content (AvgIpc) is 2.70. The summed E-state index contributed by atoms with van der Waals surface area (Å²) < 4.78 is 115. The van der Waals surface area contributed by atoms with Gasteiger partial charge in [0.25, 0.3) is 9.84 Å². The topological polar surface area (TPSA) is 88.6 Å². The molecule has 1 aromatic rings. The van der Waals surface area contributed by atoms with E-state index in [1.807, 2.05) is 0 Å². The summed E-state index contributed by atoms with van der Waals surface area (Å²) in [6.07, 6.45) is 5.22. The van der Waals surface area contributed by atoms with Crippen LogP contribution < -0.4 is 0 Å². The molecule has 13 heteroatoms. The summed E-state index contributed by atoms with van der Waals surface area (Å²) in [6.45, 7) is -0.542. The number of amides is 1. The molecule has 0 aliphatic heterocycles. The first-order chi connectivity index (χ1) is 16.0. The molecule has 0 radical (unpaired) electrons. The predicted octanol–water partition coefficient (Wildman–Crippen LogP) is 4.13. The number of carbonyl (C=O) groups is 1. The zero-order valence-electron chi connectivity index (χ0n) is 18.7. The highest BCUT2D eigenvalue weighted by molar-refractivity contribution is 8.09. The Morgan fingerprint density at radius 3 is 1.80 bits per heavy atom. The molecule has 0 saturated heterocycles. The van der Waals surface area contributed by atoms with Gasteiger partial charge in [-0.15, -0.1) is 0 Å². The fourth-order valence-corrected chi connectivity index (χ4v) is 9.71. The molecular weight excluding hydrogens is 517 g/mol. The number of hydrogen-bond acceptors (Lipinski definition) is 5. The predicted molar refractivity (Wildman–Crippen MR) is 116 cm³/mol. The maximum Gasteiger partial charge on any atom is 0.498 e. The van der Waals surface area contributed by atoms with E-state index in [9.17, 15) is 34.8 Å². The highest BCUT2D eigenvalue weighted by Gasteiger charge is 2.61. The van der Waals surface area contributed by atoms with E-state index < -0.39 is 46.8 Å². The molecule has 1 amide bonds. The second-order valence-electron chi connectivity index (χ2n) is 10.4. The SMILES string of the molecule is O=C(N(Cc1ccccc1)CC12CC3CC(CC(C3)C1)C2)C(F)(F)S(=O)(=O)CS(=O)(=O)C(F)(F)F. The van der Waals surface area contributed by atoms with Gasteiger partial charge in [-0.05, 0) is 67.3 Å². The molecule has 6 nitrogen and oxygen atoms in total. The summed E-state index contributed by atoms with van der Waals surface area (Å²) in [5.74, 6) is -1.00. The summed E-state index contributed by atoms with van der Waals surface area (Å²) in [6, 6.07) is 7.98. The third-order valence-electron chi connectivity index (χ3n) is 7.50. The van der Waals surface area contributed by atoms with Crippen LogP contribution in [-0.2, 0) is 31.0 Å². The molecular formula is C22H26F5NO5S2. The van der Waals surface area contributed by atoms with Crippen LogP contribution >= 0.6 is 0 Å². The average molecular weight is 544 g/mol. The van der Waals surface area contributed by atoms with Crippen LogP contribution in [0.25, 0.3) is 0 Å². The van der Waals surface area contributed by atoms with E-state index in [1.54, 1.807) is 30.3 Å². The highest BCUT2D eigenvalue weighted by atomic mass is 32.3. The van der Waals surface area contributed by atoms with Crippen molar-refractivity contribution >= 4 is 25.6 Å². The van der Waals surface area contributed by atoms with E-state index in [-0.39, 0.29) is 13.1 Å². The molecule has 4 saturated carbocycles. The van der Waals surface area contributed by atoms with Gasteiger partial charge < -0.3 is 4.90 Å². The Bertz CT molecular complexity index is 1150. The first-order valence-electron chi connectivity index (χ1n) is 11.3. The van der Waals surface area contributed by atoms with Crippen LogP contribution in [0.3, 0.4) is 0 Å². The Hall–Kier alpha value is -1.76. The molecule has 1 aromatic carbocycles. The number of nitrogens with zero attached hydrogens (tertiary/aromatic N) is 1. The number of sulfone groups is 2. The highest BCUT2D eigenvalue weighted by Crippen LogP contribution is 2.60. The largest absolute Gasteiger partial charge is 0.498 e. The molecule has 196 valence electrons. The van der Waals surface area contributed by atoms with Gasteiger partial charge in [-0.2, -0.15) is 22.0 Å². The monoisotopic (exact) mass is 543 g/mol. The van der Waals surface area contributed by atoms with Crippen molar-refractivity contribution in [2.75, 3.05) is 11.6 Å². The molecule has 0 aromatic heterocycles. The first-order valence-corrected chi connectivity index (χ1v) is 14.6. The Morgan fingerprint density at radius 1 is 0.857 bits per heavy atom. The Balaban J connectivity index is 1.64. The van der Waals surface area contributed by atoms with Crippen molar-refractivity contribution in [3.8, 4) is 0 Å². The maximum atomic E-state index is 15.0. The molecule has 0 unspecified atom stereocenters. The van der Waals surface area contributed by atoms with Crippen molar-refractivity contribution in [3.05, 3.63) is 35.9 Å². The number of halogens is 5. The van der Waals surface area contributed by atoms with Crippen molar-refractivity contribution in [2.24, 2.45) is 23.2 Å².